The van der Waals surface area contributed by atoms with E-state index in [4.69, 9.17) is 0 Å². The zero-order chi connectivity index (χ0) is 12.8. The summed E-state index contributed by atoms with van der Waals surface area (Å²) in [4.78, 5) is 8.33. The van der Waals surface area contributed by atoms with Gasteiger partial charge in [0.2, 0.25) is 0 Å². The molecular weight excluding hydrogens is 224 g/mol. The van der Waals surface area contributed by atoms with Crippen LogP contribution in [0, 0.1) is 6.92 Å². The summed E-state index contributed by atoms with van der Waals surface area (Å²) in [6.07, 6.45) is 5.51. The fraction of sp³-hybridized carbons (Fsp3) is 0.286. The number of anilines is 2. The Bertz CT molecular complexity index is 511. The third-order valence-corrected chi connectivity index (χ3v) is 2.74. The first-order chi connectivity index (χ1) is 8.79. The Balaban J connectivity index is 2.02. The number of rotatable bonds is 5. The molecule has 4 heteroatoms. The number of nitrogens with zero attached hydrogens (tertiary/aromatic N) is 2. The summed E-state index contributed by atoms with van der Waals surface area (Å²) < 4.78 is 0. The van der Waals surface area contributed by atoms with Crippen molar-refractivity contribution in [3.63, 3.8) is 0 Å². The average Bonchev–Trinajstić information content (AvgIpc) is 2.39. The number of aryl methyl sites for hydroxylation is 1. The van der Waals surface area contributed by atoms with Crippen molar-refractivity contribution in [2.24, 2.45) is 0 Å². The first-order valence-corrected chi connectivity index (χ1v) is 6.13. The Morgan fingerprint density at radius 1 is 1.17 bits per heavy atom. The van der Waals surface area contributed by atoms with Gasteiger partial charge >= 0.3 is 0 Å². The molecule has 2 aromatic rings. The molecule has 0 atom stereocenters. The molecule has 2 N–H and O–H groups in total. The van der Waals surface area contributed by atoms with Gasteiger partial charge in [-0.2, -0.15) is 0 Å². The maximum atomic E-state index is 4.24. The van der Waals surface area contributed by atoms with Crippen molar-refractivity contribution in [3.8, 4) is 0 Å². The molecule has 94 valence electrons. The van der Waals surface area contributed by atoms with Gasteiger partial charge in [0.05, 0.1) is 0 Å². The number of aromatic nitrogens is 2. The smallest absolute Gasteiger partial charge is 0.127 e. The molecule has 0 amide bonds. The van der Waals surface area contributed by atoms with Crippen LogP contribution in [0.15, 0.2) is 36.8 Å². The Morgan fingerprint density at radius 2 is 2.06 bits per heavy atom. The molecule has 0 aliphatic heterocycles. The van der Waals surface area contributed by atoms with Crippen LogP contribution in [0.1, 0.15) is 18.1 Å². The number of hydrogen-bond acceptors (Lipinski definition) is 4. The minimum Gasteiger partial charge on any atom is -0.381 e. The van der Waals surface area contributed by atoms with E-state index in [1.807, 2.05) is 30.6 Å². The minimum absolute atomic E-state index is 0.796. The summed E-state index contributed by atoms with van der Waals surface area (Å²) >= 11 is 0. The van der Waals surface area contributed by atoms with Gasteiger partial charge in [-0.15, -0.1) is 0 Å². The summed E-state index contributed by atoms with van der Waals surface area (Å²) in [5.74, 6) is 0.897. The number of hydrogen-bond donors (Lipinski definition) is 2. The summed E-state index contributed by atoms with van der Waals surface area (Å²) in [6.45, 7) is 5.80. The predicted molar refractivity (Wildman–Crippen MR) is 74.7 cm³/mol. The fourth-order valence-electron chi connectivity index (χ4n) is 1.72. The van der Waals surface area contributed by atoms with E-state index in [0.717, 1.165) is 24.6 Å². The summed E-state index contributed by atoms with van der Waals surface area (Å²) in [5.41, 5.74) is 3.52. The van der Waals surface area contributed by atoms with Gasteiger partial charge in [-0.05, 0) is 37.1 Å². The van der Waals surface area contributed by atoms with Crippen molar-refractivity contribution in [2.45, 2.75) is 20.4 Å². The highest BCUT2D eigenvalue weighted by molar-refractivity contribution is 5.52. The highest BCUT2D eigenvalue weighted by atomic mass is 15.0. The molecule has 2 heterocycles. The van der Waals surface area contributed by atoms with E-state index >= 15 is 0 Å². The van der Waals surface area contributed by atoms with Crippen LogP contribution < -0.4 is 10.6 Å². The van der Waals surface area contributed by atoms with Crippen molar-refractivity contribution < 1.29 is 0 Å². The maximum absolute atomic E-state index is 4.24. The number of pyridine rings is 2. The molecule has 0 aromatic carbocycles. The standard InChI is InChI=1S/C14H18N4/c1-3-16-14-8-13(5-7-17-14)18-10-12-4-6-15-9-11(12)2/h4-9H,3,10H2,1-2H3,(H2,16,17,18). The monoisotopic (exact) mass is 242 g/mol. The van der Waals surface area contributed by atoms with E-state index in [9.17, 15) is 0 Å². The molecule has 0 fully saturated rings. The SMILES string of the molecule is CCNc1cc(NCc2ccncc2C)ccn1. The van der Waals surface area contributed by atoms with E-state index in [0.29, 0.717) is 0 Å². The van der Waals surface area contributed by atoms with E-state index in [-0.39, 0.29) is 0 Å². The Kier molecular flexibility index (Phi) is 4.12. The molecule has 0 aliphatic carbocycles. The van der Waals surface area contributed by atoms with Crippen LogP contribution in [-0.4, -0.2) is 16.5 Å². The maximum Gasteiger partial charge on any atom is 0.127 e. The van der Waals surface area contributed by atoms with Gasteiger partial charge in [-0.1, -0.05) is 0 Å². The lowest BCUT2D eigenvalue weighted by Crippen LogP contribution is -2.03. The second-order valence-electron chi connectivity index (χ2n) is 4.12. The lowest BCUT2D eigenvalue weighted by molar-refractivity contribution is 1.08. The summed E-state index contributed by atoms with van der Waals surface area (Å²) in [6, 6.07) is 6.02. The van der Waals surface area contributed by atoms with Crippen molar-refractivity contribution in [3.05, 3.63) is 47.9 Å². The Labute approximate surface area is 107 Å². The van der Waals surface area contributed by atoms with Crippen molar-refractivity contribution in [2.75, 3.05) is 17.2 Å². The minimum atomic E-state index is 0.796. The second-order valence-corrected chi connectivity index (χ2v) is 4.12. The van der Waals surface area contributed by atoms with Gasteiger partial charge < -0.3 is 10.6 Å². The summed E-state index contributed by atoms with van der Waals surface area (Å²) in [7, 11) is 0. The molecule has 0 bridgehead atoms. The van der Waals surface area contributed by atoms with Gasteiger partial charge in [-0.25, -0.2) is 4.98 Å². The number of nitrogens with one attached hydrogen (secondary N) is 2. The van der Waals surface area contributed by atoms with E-state index in [2.05, 4.69) is 34.4 Å². The van der Waals surface area contributed by atoms with E-state index in [1.54, 1.807) is 6.20 Å². The molecular formula is C14H18N4. The molecule has 0 saturated carbocycles. The zero-order valence-electron chi connectivity index (χ0n) is 10.8. The topological polar surface area (TPSA) is 49.8 Å². The zero-order valence-corrected chi connectivity index (χ0v) is 10.8. The normalized spacial score (nSPS) is 10.1. The third kappa shape index (κ3) is 3.20. The highest BCUT2D eigenvalue weighted by Crippen LogP contribution is 2.14. The van der Waals surface area contributed by atoms with Crippen LogP contribution in [0.25, 0.3) is 0 Å². The molecule has 18 heavy (non-hydrogen) atoms. The van der Waals surface area contributed by atoms with Crippen molar-refractivity contribution in [1.82, 2.24) is 9.97 Å². The highest BCUT2D eigenvalue weighted by Gasteiger charge is 1.99. The van der Waals surface area contributed by atoms with Crippen LogP contribution in [0.5, 0.6) is 0 Å². The molecule has 0 radical (unpaired) electrons. The van der Waals surface area contributed by atoms with Crippen molar-refractivity contribution >= 4 is 11.5 Å². The summed E-state index contributed by atoms with van der Waals surface area (Å²) in [5, 5.41) is 6.59. The molecule has 4 nitrogen and oxygen atoms in total. The van der Waals surface area contributed by atoms with Gasteiger partial charge in [-0.3, -0.25) is 4.98 Å². The first-order valence-electron chi connectivity index (χ1n) is 6.13. The van der Waals surface area contributed by atoms with E-state index < -0.39 is 0 Å². The molecule has 0 saturated heterocycles. The van der Waals surface area contributed by atoms with Gasteiger partial charge in [0, 0.05) is 43.4 Å². The van der Waals surface area contributed by atoms with Gasteiger partial charge in [0.1, 0.15) is 5.82 Å². The van der Waals surface area contributed by atoms with Crippen LogP contribution in [0.2, 0.25) is 0 Å². The average molecular weight is 242 g/mol. The van der Waals surface area contributed by atoms with Gasteiger partial charge in [0.15, 0.2) is 0 Å². The Morgan fingerprint density at radius 3 is 2.83 bits per heavy atom. The van der Waals surface area contributed by atoms with Crippen LogP contribution in [0.3, 0.4) is 0 Å². The Hall–Kier alpha value is -2.10. The largest absolute Gasteiger partial charge is 0.381 e. The first kappa shape index (κ1) is 12.4. The van der Waals surface area contributed by atoms with Crippen LogP contribution in [0.4, 0.5) is 11.5 Å². The van der Waals surface area contributed by atoms with Crippen molar-refractivity contribution in [1.29, 1.82) is 0 Å². The molecule has 2 aromatic heterocycles. The van der Waals surface area contributed by atoms with E-state index in [1.165, 1.54) is 11.1 Å². The lowest BCUT2D eigenvalue weighted by Gasteiger charge is -2.10. The molecule has 0 spiro atoms. The molecule has 0 aliphatic rings. The second kappa shape index (κ2) is 6.00. The fourth-order valence-corrected chi connectivity index (χ4v) is 1.72. The lowest BCUT2D eigenvalue weighted by atomic mass is 10.1. The molecule has 2 rings (SSSR count). The predicted octanol–water partition coefficient (Wildman–Crippen LogP) is 2.83. The molecule has 0 unspecified atom stereocenters. The quantitative estimate of drug-likeness (QED) is 0.846. The van der Waals surface area contributed by atoms with Crippen LogP contribution in [-0.2, 0) is 6.54 Å². The third-order valence-electron chi connectivity index (χ3n) is 2.74. The van der Waals surface area contributed by atoms with Gasteiger partial charge in [0.25, 0.3) is 0 Å². The van der Waals surface area contributed by atoms with Crippen LogP contribution >= 0.6 is 0 Å².